The lowest BCUT2D eigenvalue weighted by Gasteiger charge is -2.09. The van der Waals surface area contributed by atoms with Crippen molar-refractivity contribution in [1.29, 1.82) is 0 Å². The van der Waals surface area contributed by atoms with Gasteiger partial charge in [-0.05, 0) is 38.0 Å². The first-order valence-corrected chi connectivity index (χ1v) is 8.34. The molecule has 1 aromatic carbocycles. The van der Waals surface area contributed by atoms with Gasteiger partial charge < -0.3 is 19.3 Å². The van der Waals surface area contributed by atoms with Crippen LogP contribution < -0.4 is 14.8 Å². The monoisotopic (exact) mass is 354 g/mol. The minimum atomic E-state index is 0.300. The van der Waals surface area contributed by atoms with E-state index in [2.05, 4.69) is 32.6 Å². The summed E-state index contributed by atoms with van der Waals surface area (Å²) in [4.78, 5) is 8.78. The molecule has 0 bridgehead atoms. The maximum atomic E-state index is 5.24. The molecule has 2 aromatic heterocycles. The van der Waals surface area contributed by atoms with Gasteiger partial charge in [0.05, 0.1) is 31.2 Å². The summed E-state index contributed by atoms with van der Waals surface area (Å²) < 4.78 is 15.7. The number of ether oxygens (including phenoxy) is 2. The molecule has 2 heterocycles. The quantitative estimate of drug-likeness (QED) is 0.696. The van der Waals surface area contributed by atoms with Crippen molar-refractivity contribution >= 4 is 5.82 Å². The predicted molar refractivity (Wildman–Crippen MR) is 98.7 cm³/mol. The van der Waals surface area contributed by atoms with Gasteiger partial charge in [0, 0.05) is 12.6 Å². The lowest BCUT2D eigenvalue weighted by molar-refractivity contribution is 0.381. The fraction of sp³-hybridized carbons (Fsp3) is 0.316. The van der Waals surface area contributed by atoms with E-state index in [1.807, 2.05) is 32.0 Å². The molecule has 0 spiro atoms. The summed E-state index contributed by atoms with van der Waals surface area (Å²) in [6, 6.07) is 10.2. The molecule has 136 valence electrons. The van der Waals surface area contributed by atoms with Gasteiger partial charge in [-0.15, -0.1) is 0 Å². The van der Waals surface area contributed by atoms with E-state index < -0.39 is 0 Å². The Bertz CT molecular complexity index is 855. The van der Waals surface area contributed by atoms with Crippen molar-refractivity contribution in [2.24, 2.45) is 0 Å². The van der Waals surface area contributed by atoms with Crippen molar-refractivity contribution in [2.45, 2.75) is 20.3 Å². The third-order valence-electron chi connectivity index (χ3n) is 4.06. The van der Waals surface area contributed by atoms with Crippen molar-refractivity contribution in [3.8, 4) is 23.0 Å². The Morgan fingerprint density at radius 3 is 2.42 bits per heavy atom. The zero-order valence-corrected chi connectivity index (χ0v) is 15.4. The lowest BCUT2D eigenvalue weighted by Crippen LogP contribution is -2.08. The predicted octanol–water partition coefficient (Wildman–Crippen LogP) is 3.42. The van der Waals surface area contributed by atoms with E-state index >= 15 is 0 Å². The molecule has 0 aliphatic rings. The number of hydrogen-bond acceptors (Lipinski definition) is 7. The van der Waals surface area contributed by atoms with Crippen LogP contribution in [-0.4, -0.2) is 35.9 Å². The van der Waals surface area contributed by atoms with Gasteiger partial charge in [-0.2, -0.15) is 9.97 Å². The zero-order valence-electron chi connectivity index (χ0n) is 15.4. The molecule has 0 aliphatic heterocycles. The van der Waals surface area contributed by atoms with Gasteiger partial charge >= 0.3 is 6.01 Å². The average Bonchev–Trinajstić information content (AvgIpc) is 3.00. The van der Waals surface area contributed by atoms with Gasteiger partial charge in [-0.1, -0.05) is 17.3 Å². The normalized spacial score (nSPS) is 10.6. The molecule has 0 saturated heterocycles. The number of nitrogens with zero attached hydrogens (tertiary/aromatic N) is 3. The van der Waals surface area contributed by atoms with Crippen molar-refractivity contribution < 1.29 is 14.0 Å². The van der Waals surface area contributed by atoms with Crippen LogP contribution in [0.1, 0.15) is 17.0 Å². The molecule has 0 saturated carbocycles. The molecule has 7 heteroatoms. The SMILES string of the molecule is COc1ccc(CCNc2cc(-c3c(C)noc3C)nc(OC)n2)cc1. The molecule has 1 N–H and O–H groups in total. The number of aromatic nitrogens is 3. The first-order valence-electron chi connectivity index (χ1n) is 8.34. The van der Waals surface area contributed by atoms with E-state index in [4.69, 9.17) is 14.0 Å². The van der Waals surface area contributed by atoms with E-state index in [0.717, 1.165) is 35.7 Å². The minimum Gasteiger partial charge on any atom is -0.497 e. The Balaban J connectivity index is 1.74. The highest BCUT2D eigenvalue weighted by molar-refractivity contribution is 5.66. The molecule has 26 heavy (non-hydrogen) atoms. The van der Waals surface area contributed by atoms with Crippen LogP contribution in [0.4, 0.5) is 5.82 Å². The lowest BCUT2D eigenvalue weighted by atomic mass is 10.1. The Hall–Kier alpha value is -3.09. The summed E-state index contributed by atoms with van der Waals surface area (Å²) >= 11 is 0. The Kier molecular flexibility index (Phi) is 5.36. The molecule has 0 fully saturated rings. The number of methoxy groups -OCH3 is 2. The molecule has 3 rings (SSSR count). The minimum absolute atomic E-state index is 0.300. The second-order valence-electron chi connectivity index (χ2n) is 5.85. The first-order chi connectivity index (χ1) is 12.6. The van der Waals surface area contributed by atoms with E-state index in [-0.39, 0.29) is 0 Å². The Morgan fingerprint density at radius 1 is 1.04 bits per heavy atom. The number of hydrogen-bond donors (Lipinski definition) is 1. The smallest absolute Gasteiger partial charge is 0.318 e. The number of nitrogens with one attached hydrogen (secondary N) is 1. The summed E-state index contributed by atoms with van der Waals surface area (Å²) in [7, 11) is 3.21. The van der Waals surface area contributed by atoms with Crippen LogP contribution in [0.25, 0.3) is 11.3 Å². The maximum absolute atomic E-state index is 5.24. The van der Waals surface area contributed by atoms with E-state index in [1.54, 1.807) is 14.2 Å². The fourth-order valence-electron chi connectivity index (χ4n) is 2.71. The topological polar surface area (TPSA) is 82.3 Å². The number of rotatable bonds is 7. The van der Waals surface area contributed by atoms with Crippen LogP contribution >= 0.6 is 0 Å². The standard InChI is InChI=1S/C19H22N4O3/c1-12-18(13(2)26-23-12)16-11-17(22-19(21-16)25-4)20-10-9-14-5-7-15(24-3)8-6-14/h5-8,11H,9-10H2,1-4H3,(H,20,21,22). The van der Waals surface area contributed by atoms with Crippen molar-refractivity contribution in [1.82, 2.24) is 15.1 Å². The van der Waals surface area contributed by atoms with E-state index in [9.17, 15) is 0 Å². The Morgan fingerprint density at radius 2 is 1.81 bits per heavy atom. The molecule has 3 aromatic rings. The molecule has 0 aliphatic carbocycles. The molecule has 0 radical (unpaired) electrons. The molecule has 0 atom stereocenters. The number of anilines is 1. The molecular weight excluding hydrogens is 332 g/mol. The van der Waals surface area contributed by atoms with Gasteiger partial charge in [0.2, 0.25) is 0 Å². The molecule has 0 amide bonds. The number of aryl methyl sites for hydroxylation is 2. The van der Waals surface area contributed by atoms with Gasteiger partial charge in [0.15, 0.2) is 0 Å². The maximum Gasteiger partial charge on any atom is 0.318 e. The zero-order chi connectivity index (χ0) is 18.5. The highest BCUT2D eigenvalue weighted by Gasteiger charge is 2.15. The molecular formula is C19H22N4O3. The second-order valence-corrected chi connectivity index (χ2v) is 5.85. The van der Waals surface area contributed by atoms with Crippen LogP contribution in [0.15, 0.2) is 34.9 Å². The average molecular weight is 354 g/mol. The van der Waals surface area contributed by atoms with Crippen LogP contribution in [0, 0.1) is 13.8 Å². The van der Waals surface area contributed by atoms with Crippen molar-refractivity contribution in [3.05, 3.63) is 47.3 Å². The number of benzene rings is 1. The van der Waals surface area contributed by atoms with E-state index in [0.29, 0.717) is 17.6 Å². The van der Waals surface area contributed by atoms with Crippen LogP contribution in [0.5, 0.6) is 11.8 Å². The highest BCUT2D eigenvalue weighted by Crippen LogP contribution is 2.28. The van der Waals surface area contributed by atoms with Crippen LogP contribution in [0.2, 0.25) is 0 Å². The summed E-state index contributed by atoms with van der Waals surface area (Å²) in [5.74, 6) is 2.26. The second kappa shape index (κ2) is 7.86. The molecule has 7 nitrogen and oxygen atoms in total. The first kappa shape index (κ1) is 17.7. The third kappa shape index (κ3) is 3.93. The van der Waals surface area contributed by atoms with Crippen LogP contribution in [-0.2, 0) is 6.42 Å². The van der Waals surface area contributed by atoms with Crippen molar-refractivity contribution in [2.75, 3.05) is 26.1 Å². The largest absolute Gasteiger partial charge is 0.497 e. The highest BCUT2D eigenvalue weighted by atomic mass is 16.5. The van der Waals surface area contributed by atoms with Crippen molar-refractivity contribution in [3.63, 3.8) is 0 Å². The third-order valence-corrected chi connectivity index (χ3v) is 4.06. The summed E-state index contributed by atoms with van der Waals surface area (Å²) in [6.45, 7) is 4.48. The van der Waals surface area contributed by atoms with Gasteiger partial charge in [0.25, 0.3) is 0 Å². The Labute approximate surface area is 152 Å². The van der Waals surface area contributed by atoms with Gasteiger partial charge in [0.1, 0.15) is 17.3 Å². The van der Waals surface area contributed by atoms with Gasteiger partial charge in [-0.25, -0.2) is 0 Å². The van der Waals surface area contributed by atoms with Crippen LogP contribution in [0.3, 0.4) is 0 Å². The summed E-state index contributed by atoms with van der Waals surface area (Å²) in [6.07, 6.45) is 0.858. The van der Waals surface area contributed by atoms with Gasteiger partial charge in [-0.3, -0.25) is 0 Å². The molecule has 0 unspecified atom stereocenters. The van der Waals surface area contributed by atoms with E-state index in [1.165, 1.54) is 5.56 Å². The fourth-order valence-corrected chi connectivity index (χ4v) is 2.71. The summed E-state index contributed by atoms with van der Waals surface area (Å²) in [5.41, 5.74) is 3.58. The summed E-state index contributed by atoms with van der Waals surface area (Å²) in [5, 5.41) is 7.31.